The molecule has 150 valence electrons. The third-order valence-corrected chi connectivity index (χ3v) is 4.92. The predicted octanol–water partition coefficient (Wildman–Crippen LogP) is 4.70. The van der Waals surface area contributed by atoms with Crippen LogP contribution in [-0.4, -0.2) is 23.0 Å². The number of carboxylic acid groups (broad SMARTS) is 1. The lowest BCUT2D eigenvalue weighted by atomic mass is 10.0. The molecule has 0 spiro atoms. The van der Waals surface area contributed by atoms with E-state index in [-0.39, 0.29) is 11.3 Å². The highest BCUT2D eigenvalue weighted by Gasteiger charge is 2.35. The molecule has 0 atom stereocenters. The summed E-state index contributed by atoms with van der Waals surface area (Å²) in [5.41, 5.74) is 1.78. The van der Waals surface area contributed by atoms with Gasteiger partial charge in [-0.25, -0.2) is 14.5 Å². The van der Waals surface area contributed by atoms with Crippen molar-refractivity contribution in [3.8, 4) is 11.3 Å². The van der Waals surface area contributed by atoms with E-state index < -0.39 is 17.9 Å². The van der Waals surface area contributed by atoms with Crippen LogP contribution in [0.4, 0.5) is 10.5 Å². The van der Waals surface area contributed by atoms with E-state index in [2.05, 4.69) is 5.32 Å². The fourth-order valence-corrected chi connectivity index (χ4v) is 3.42. The number of hydrogen-bond acceptors (Lipinski definition) is 4. The molecule has 7 nitrogen and oxygen atoms in total. The molecule has 1 aliphatic rings. The molecular formula is C22H15ClN2O5. The summed E-state index contributed by atoms with van der Waals surface area (Å²) in [6, 6.07) is 14.0. The van der Waals surface area contributed by atoms with E-state index in [0.717, 1.165) is 4.90 Å². The molecule has 3 amide bonds. The minimum absolute atomic E-state index is 0.0527. The van der Waals surface area contributed by atoms with Crippen LogP contribution in [0.3, 0.4) is 0 Å². The van der Waals surface area contributed by atoms with E-state index in [9.17, 15) is 19.5 Å². The molecule has 2 N–H and O–H groups in total. The van der Waals surface area contributed by atoms with Crippen LogP contribution in [0.2, 0.25) is 5.02 Å². The van der Waals surface area contributed by atoms with Crippen molar-refractivity contribution in [2.45, 2.75) is 6.92 Å². The van der Waals surface area contributed by atoms with E-state index in [4.69, 9.17) is 16.0 Å². The molecule has 1 saturated heterocycles. The van der Waals surface area contributed by atoms with Gasteiger partial charge in [0.05, 0.1) is 11.3 Å². The van der Waals surface area contributed by atoms with Gasteiger partial charge in [-0.15, -0.1) is 0 Å². The SMILES string of the molecule is Cc1c(C(=O)O)cccc1-c1ccc(/C=C2\NC(=O)N(c3cccc(Cl)c3)C2=O)o1. The second kappa shape index (κ2) is 7.53. The summed E-state index contributed by atoms with van der Waals surface area (Å²) in [5, 5.41) is 12.2. The Morgan fingerprint density at radius 3 is 2.63 bits per heavy atom. The zero-order valence-electron chi connectivity index (χ0n) is 15.7. The molecule has 0 radical (unpaired) electrons. The highest BCUT2D eigenvalue weighted by Crippen LogP contribution is 2.29. The number of carbonyl (C=O) groups excluding carboxylic acids is 2. The molecule has 2 aromatic carbocycles. The number of imide groups is 1. The van der Waals surface area contributed by atoms with Gasteiger partial charge in [-0.2, -0.15) is 0 Å². The molecule has 0 saturated carbocycles. The Bertz CT molecular complexity index is 1230. The minimum atomic E-state index is -1.02. The lowest BCUT2D eigenvalue weighted by Crippen LogP contribution is -2.30. The standard InChI is InChI=1S/C22H15ClN2O5/c1-12-16(6-3-7-17(12)21(27)28)19-9-8-15(30-19)11-18-20(26)25(22(29)24-18)14-5-2-4-13(23)10-14/h2-11H,1H3,(H,24,29)(H,27,28)/b18-11-. The first kappa shape index (κ1) is 19.5. The van der Waals surface area contributed by atoms with Gasteiger partial charge in [-0.3, -0.25) is 4.79 Å². The van der Waals surface area contributed by atoms with Crippen LogP contribution >= 0.6 is 11.6 Å². The molecule has 2 heterocycles. The molecule has 0 aliphatic carbocycles. The minimum Gasteiger partial charge on any atom is -0.478 e. The van der Waals surface area contributed by atoms with Gasteiger partial charge in [0.25, 0.3) is 5.91 Å². The number of benzene rings is 2. The third kappa shape index (κ3) is 3.46. The van der Waals surface area contributed by atoms with Crippen LogP contribution in [0, 0.1) is 6.92 Å². The fraction of sp³-hybridized carbons (Fsp3) is 0.0455. The maximum Gasteiger partial charge on any atom is 0.335 e. The van der Waals surface area contributed by atoms with Crippen molar-refractivity contribution in [3.05, 3.63) is 82.2 Å². The summed E-state index contributed by atoms with van der Waals surface area (Å²) in [6.07, 6.45) is 1.42. The van der Waals surface area contributed by atoms with E-state index >= 15 is 0 Å². The van der Waals surface area contributed by atoms with Crippen LogP contribution in [0.25, 0.3) is 17.4 Å². The number of carboxylic acids is 1. The van der Waals surface area contributed by atoms with Gasteiger partial charge in [0.15, 0.2) is 0 Å². The molecule has 1 fully saturated rings. The lowest BCUT2D eigenvalue weighted by Gasteiger charge is -2.11. The van der Waals surface area contributed by atoms with Crippen molar-refractivity contribution in [1.82, 2.24) is 5.32 Å². The summed E-state index contributed by atoms with van der Waals surface area (Å²) in [5.74, 6) is -0.777. The molecule has 0 bridgehead atoms. The Balaban J connectivity index is 1.64. The summed E-state index contributed by atoms with van der Waals surface area (Å²) >= 11 is 5.95. The fourth-order valence-electron chi connectivity index (χ4n) is 3.24. The second-order valence-corrected chi connectivity index (χ2v) is 7.03. The summed E-state index contributed by atoms with van der Waals surface area (Å²) in [4.78, 5) is 37.3. The Kier molecular flexibility index (Phi) is 4.89. The Hall–Kier alpha value is -3.84. The first-order chi connectivity index (χ1) is 14.3. The molecule has 1 aliphatic heterocycles. The van der Waals surface area contributed by atoms with Gasteiger partial charge >= 0.3 is 12.0 Å². The van der Waals surface area contributed by atoms with Gasteiger partial charge in [-0.05, 0) is 48.9 Å². The van der Waals surface area contributed by atoms with Crippen molar-refractivity contribution < 1.29 is 23.9 Å². The largest absolute Gasteiger partial charge is 0.478 e. The number of rotatable bonds is 4. The maximum absolute atomic E-state index is 12.7. The molecule has 3 aromatic rings. The van der Waals surface area contributed by atoms with E-state index in [1.165, 1.54) is 18.2 Å². The van der Waals surface area contributed by atoms with Crippen LogP contribution in [0.5, 0.6) is 0 Å². The highest BCUT2D eigenvalue weighted by molar-refractivity contribution is 6.32. The van der Waals surface area contributed by atoms with Gasteiger partial charge in [0.2, 0.25) is 0 Å². The number of nitrogens with one attached hydrogen (secondary N) is 1. The molecular weight excluding hydrogens is 408 g/mol. The monoisotopic (exact) mass is 422 g/mol. The number of urea groups is 1. The van der Waals surface area contributed by atoms with Gasteiger partial charge in [0.1, 0.15) is 17.2 Å². The number of anilines is 1. The van der Waals surface area contributed by atoms with Crippen LogP contribution < -0.4 is 10.2 Å². The molecule has 1 aromatic heterocycles. The Labute approximate surface area is 176 Å². The number of furan rings is 1. The maximum atomic E-state index is 12.7. The Morgan fingerprint density at radius 1 is 1.13 bits per heavy atom. The molecule has 30 heavy (non-hydrogen) atoms. The number of aromatic carboxylic acids is 1. The number of amides is 3. The van der Waals surface area contributed by atoms with Crippen molar-refractivity contribution >= 4 is 41.3 Å². The normalized spacial score (nSPS) is 15.0. The third-order valence-electron chi connectivity index (χ3n) is 4.69. The molecule has 8 heteroatoms. The summed E-state index contributed by atoms with van der Waals surface area (Å²) in [7, 11) is 0. The zero-order chi connectivity index (χ0) is 21.4. The number of nitrogens with zero attached hydrogens (tertiary/aromatic N) is 1. The van der Waals surface area contributed by atoms with E-state index in [1.54, 1.807) is 49.4 Å². The van der Waals surface area contributed by atoms with Crippen LogP contribution in [-0.2, 0) is 4.79 Å². The molecule has 0 unspecified atom stereocenters. The predicted molar refractivity (Wildman–Crippen MR) is 111 cm³/mol. The first-order valence-corrected chi connectivity index (χ1v) is 9.29. The van der Waals surface area contributed by atoms with E-state index in [1.807, 2.05) is 0 Å². The average Bonchev–Trinajstić information content (AvgIpc) is 3.26. The van der Waals surface area contributed by atoms with Crippen molar-refractivity contribution in [1.29, 1.82) is 0 Å². The number of hydrogen-bond donors (Lipinski definition) is 2. The number of carbonyl (C=O) groups is 3. The topological polar surface area (TPSA) is 99.9 Å². The highest BCUT2D eigenvalue weighted by atomic mass is 35.5. The lowest BCUT2D eigenvalue weighted by molar-refractivity contribution is -0.113. The summed E-state index contributed by atoms with van der Waals surface area (Å²) in [6.45, 7) is 1.70. The Morgan fingerprint density at radius 2 is 1.90 bits per heavy atom. The van der Waals surface area contributed by atoms with Gasteiger partial charge in [0, 0.05) is 16.7 Å². The van der Waals surface area contributed by atoms with Crippen molar-refractivity contribution in [2.75, 3.05) is 4.90 Å². The van der Waals surface area contributed by atoms with Gasteiger partial charge in [-0.1, -0.05) is 29.8 Å². The summed E-state index contributed by atoms with van der Waals surface area (Å²) < 4.78 is 5.78. The molecule has 4 rings (SSSR count). The zero-order valence-corrected chi connectivity index (χ0v) is 16.4. The quantitative estimate of drug-likeness (QED) is 0.468. The van der Waals surface area contributed by atoms with Gasteiger partial charge < -0.3 is 14.8 Å². The number of halogens is 1. The average molecular weight is 423 g/mol. The smallest absolute Gasteiger partial charge is 0.335 e. The van der Waals surface area contributed by atoms with Crippen molar-refractivity contribution in [2.24, 2.45) is 0 Å². The van der Waals surface area contributed by atoms with Crippen LogP contribution in [0.1, 0.15) is 21.7 Å². The van der Waals surface area contributed by atoms with E-state index in [0.29, 0.717) is 33.4 Å². The van der Waals surface area contributed by atoms with Crippen LogP contribution in [0.15, 0.2) is 64.7 Å². The second-order valence-electron chi connectivity index (χ2n) is 6.59. The first-order valence-electron chi connectivity index (χ1n) is 8.91. The van der Waals surface area contributed by atoms with Crippen molar-refractivity contribution in [3.63, 3.8) is 0 Å².